The number of hydrogen-bond donors (Lipinski definition) is 1. The van der Waals surface area contributed by atoms with E-state index in [1.807, 2.05) is 12.1 Å². The van der Waals surface area contributed by atoms with Crippen molar-refractivity contribution in [3.05, 3.63) is 58.1 Å². The molecule has 106 valence electrons. The van der Waals surface area contributed by atoms with Crippen molar-refractivity contribution in [1.82, 2.24) is 0 Å². The van der Waals surface area contributed by atoms with E-state index in [-0.39, 0.29) is 5.41 Å². The molecule has 0 aliphatic rings. The van der Waals surface area contributed by atoms with Gasteiger partial charge in [0.1, 0.15) is 0 Å². The third kappa shape index (κ3) is 3.34. The van der Waals surface area contributed by atoms with Crippen molar-refractivity contribution >= 4 is 23.0 Å². The molecule has 0 aliphatic carbocycles. The van der Waals surface area contributed by atoms with Gasteiger partial charge in [-0.05, 0) is 60.2 Å². The van der Waals surface area contributed by atoms with E-state index in [2.05, 4.69) is 64.2 Å². The van der Waals surface area contributed by atoms with Crippen molar-refractivity contribution in [3.63, 3.8) is 0 Å². The number of rotatable bonds is 2. The highest BCUT2D eigenvalue weighted by molar-refractivity contribution is 6.30. The number of benzene rings is 2. The highest BCUT2D eigenvalue weighted by atomic mass is 35.5. The van der Waals surface area contributed by atoms with E-state index in [1.54, 1.807) is 0 Å². The minimum Gasteiger partial charge on any atom is -0.355 e. The Bertz CT molecular complexity index is 601. The lowest BCUT2D eigenvalue weighted by atomic mass is 9.87. The summed E-state index contributed by atoms with van der Waals surface area (Å²) in [7, 11) is 0. The number of hydrogen-bond acceptors (Lipinski definition) is 1. The molecule has 0 atom stereocenters. The van der Waals surface area contributed by atoms with E-state index in [1.165, 1.54) is 5.56 Å². The molecule has 2 aromatic carbocycles. The lowest BCUT2D eigenvalue weighted by Gasteiger charge is -2.21. The first-order valence-corrected chi connectivity index (χ1v) is 7.29. The number of nitrogens with one attached hydrogen (secondary N) is 1. The van der Waals surface area contributed by atoms with Crippen molar-refractivity contribution < 1.29 is 0 Å². The molecule has 2 rings (SSSR count). The SMILES string of the molecule is Cc1cc(Cl)cc(C)c1Nc1cccc(C(C)(C)C)c1. The number of aryl methyl sites for hydroxylation is 2. The number of halogens is 1. The van der Waals surface area contributed by atoms with E-state index < -0.39 is 0 Å². The first kappa shape index (κ1) is 14.9. The topological polar surface area (TPSA) is 12.0 Å². The summed E-state index contributed by atoms with van der Waals surface area (Å²) < 4.78 is 0. The Kier molecular flexibility index (Phi) is 4.10. The van der Waals surface area contributed by atoms with Gasteiger partial charge in [0.25, 0.3) is 0 Å². The smallest absolute Gasteiger partial charge is 0.0444 e. The van der Waals surface area contributed by atoms with Crippen molar-refractivity contribution in [1.29, 1.82) is 0 Å². The van der Waals surface area contributed by atoms with E-state index >= 15 is 0 Å². The van der Waals surface area contributed by atoms with Crippen LogP contribution in [0.25, 0.3) is 0 Å². The molecule has 0 aromatic heterocycles. The Labute approximate surface area is 127 Å². The molecular weight excluding hydrogens is 266 g/mol. The highest BCUT2D eigenvalue weighted by Gasteiger charge is 2.14. The molecule has 0 heterocycles. The summed E-state index contributed by atoms with van der Waals surface area (Å²) in [5, 5.41) is 4.31. The second-order valence-corrected chi connectivity index (χ2v) is 6.81. The zero-order valence-corrected chi connectivity index (χ0v) is 13.6. The summed E-state index contributed by atoms with van der Waals surface area (Å²) in [5.74, 6) is 0. The van der Waals surface area contributed by atoms with Gasteiger partial charge in [-0.25, -0.2) is 0 Å². The van der Waals surface area contributed by atoms with Gasteiger partial charge in [-0.2, -0.15) is 0 Å². The number of anilines is 2. The lowest BCUT2D eigenvalue weighted by Crippen LogP contribution is -2.11. The zero-order chi connectivity index (χ0) is 14.9. The Hall–Kier alpha value is -1.47. The standard InChI is InChI=1S/C18H22ClN/c1-12-9-15(19)10-13(2)17(12)20-16-8-6-7-14(11-16)18(3,4)5/h6-11,20H,1-5H3. The average Bonchev–Trinajstić information content (AvgIpc) is 2.33. The maximum atomic E-state index is 6.08. The normalized spacial score (nSPS) is 11.5. The molecule has 0 amide bonds. The molecule has 2 heteroatoms. The summed E-state index contributed by atoms with van der Waals surface area (Å²) in [6.45, 7) is 10.8. The zero-order valence-electron chi connectivity index (χ0n) is 12.8. The van der Waals surface area contributed by atoms with Gasteiger partial charge in [-0.3, -0.25) is 0 Å². The molecule has 0 unspecified atom stereocenters. The Morgan fingerprint density at radius 1 is 0.950 bits per heavy atom. The summed E-state index contributed by atoms with van der Waals surface area (Å²) in [5.41, 5.74) is 6.06. The third-order valence-electron chi connectivity index (χ3n) is 3.50. The van der Waals surface area contributed by atoms with Crippen LogP contribution in [-0.2, 0) is 5.41 Å². The fourth-order valence-corrected chi connectivity index (χ4v) is 2.64. The molecule has 0 saturated carbocycles. The molecular formula is C18H22ClN. The highest BCUT2D eigenvalue weighted by Crippen LogP contribution is 2.30. The fourth-order valence-electron chi connectivity index (χ4n) is 2.32. The van der Waals surface area contributed by atoms with Gasteiger partial charge in [0.2, 0.25) is 0 Å². The molecule has 1 nitrogen and oxygen atoms in total. The van der Waals surface area contributed by atoms with E-state index in [9.17, 15) is 0 Å². The van der Waals surface area contributed by atoms with Gasteiger partial charge in [0.15, 0.2) is 0 Å². The summed E-state index contributed by atoms with van der Waals surface area (Å²) >= 11 is 6.08. The van der Waals surface area contributed by atoms with Crippen LogP contribution < -0.4 is 5.32 Å². The molecule has 0 bridgehead atoms. The van der Waals surface area contributed by atoms with Crippen LogP contribution in [-0.4, -0.2) is 0 Å². The van der Waals surface area contributed by atoms with Crippen LogP contribution in [0.1, 0.15) is 37.5 Å². The van der Waals surface area contributed by atoms with Crippen LogP contribution in [0.4, 0.5) is 11.4 Å². The fraction of sp³-hybridized carbons (Fsp3) is 0.333. The van der Waals surface area contributed by atoms with Crippen molar-refractivity contribution in [2.75, 3.05) is 5.32 Å². The summed E-state index contributed by atoms with van der Waals surface area (Å²) in [4.78, 5) is 0. The van der Waals surface area contributed by atoms with Crippen LogP contribution in [0, 0.1) is 13.8 Å². The van der Waals surface area contributed by atoms with E-state index in [0.717, 1.165) is 27.5 Å². The van der Waals surface area contributed by atoms with Crippen molar-refractivity contribution in [2.24, 2.45) is 0 Å². The Morgan fingerprint density at radius 2 is 1.55 bits per heavy atom. The maximum Gasteiger partial charge on any atom is 0.0444 e. The molecule has 0 radical (unpaired) electrons. The van der Waals surface area contributed by atoms with Crippen LogP contribution in [0.2, 0.25) is 5.02 Å². The Morgan fingerprint density at radius 3 is 2.10 bits per heavy atom. The minimum absolute atomic E-state index is 0.155. The third-order valence-corrected chi connectivity index (χ3v) is 3.71. The summed E-state index contributed by atoms with van der Waals surface area (Å²) in [6.07, 6.45) is 0. The van der Waals surface area contributed by atoms with Gasteiger partial charge in [0.05, 0.1) is 0 Å². The van der Waals surface area contributed by atoms with Crippen LogP contribution >= 0.6 is 11.6 Å². The largest absolute Gasteiger partial charge is 0.355 e. The molecule has 0 fully saturated rings. The first-order valence-electron chi connectivity index (χ1n) is 6.92. The van der Waals surface area contributed by atoms with E-state index in [4.69, 9.17) is 11.6 Å². The van der Waals surface area contributed by atoms with Gasteiger partial charge < -0.3 is 5.32 Å². The predicted octanol–water partition coefficient (Wildman–Crippen LogP) is 6.00. The van der Waals surface area contributed by atoms with Gasteiger partial charge >= 0.3 is 0 Å². The summed E-state index contributed by atoms with van der Waals surface area (Å²) in [6, 6.07) is 12.6. The quantitative estimate of drug-likeness (QED) is 0.714. The van der Waals surface area contributed by atoms with Gasteiger partial charge in [0, 0.05) is 16.4 Å². The molecule has 0 spiro atoms. The maximum absolute atomic E-state index is 6.08. The van der Waals surface area contributed by atoms with Gasteiger partial charge in [-0.1, -0.05) is 44.5 Å². The second-order valence-electron chi connectivity index (χ2n) is 6.37. The lowest BCUT2D eigenvalue weighted by molar-refractivity contribution is 0.590. The van der Waals surface area contributed by atoms with Crippen LogP contribution in [0.3, 0.4) is 0 Å². The molecule has 0 aliphatic heterocycles. The second kappa shape index (κ2) is 5.49. The van der Waals surface area contributed by atoms with E-state index in [0.29, 0.717) is 0 Å². The first-order chi connectivity index (χ1) is 9.27. The van der Waals surface area contributed by atoms with Crippen molar-refractivity contribution in [3.8, 4) is 0 Å². The van der Waals surface area contributed by atoms with Crippen molar-refractivity contribution in [2.45, 2.75) is 40.0 Å². The predicted molar refractivity (Wildman–Crippen MR) is 89.4 cm³/mol. The monoisotopic (exact) mass is 287 g/mol. The molecule has 0 saturated heterocycles. The molecule has 20 heavy (non-hydrogen) atoms. The van der Waals surface area contributed by atoms with Crippen LogP contribution in [0.15, 0.2) is 36.4 Å². The molecule has 1 N–H and O–H groups in total. The van der Waals surface area contributed by atoms with Crippen LogP contribution in [0.5, 0.6) is 0 Å². The molecule has 2 aromatic rings. The Balaban J connectivity index is 2.36. The average molecular weight is 288 g/mol. The minimum atomic E-state index is 0.155. The van der Waals surface area contributed by atoms with Gasteiger partial charge in [-0.15, -0.1) is 0 Å².